The summed E-state index contributed by atoms with van der Waals surface area (Å²) in [5.74, 6) is 0.880. The number of para-hydroxylation sites is 1. The maximum atomic E-state index is 11.0. The topological polar surface area (TPSA) is 85.9 Å². The van der Waals surface area contributed by atoms with Crippen molar-refractivity contribution in [2.45, 2.75) is 6.54 Å². The molecule has 0 aliphatic rings. The number of anilines is 1. The van der Waals surface area contributed by atoms with E-state index in [2.05, 4.69) is 15.3 Å². The van der Waals surface area contributed by atoms with E-state index in [1.54, 1.807) is 24.5 Å². The molecule has 7 heteroatoms. The van der Waals surface area contributed by atoms with Crippen LogP contribution in [0.5, 0.6) is 0 Å². The molecule has 0 aliphatic carbocycles. The molecule has 0 aliphatic heterocycles. The van der Waals surface area contributed by atoms with Crippen LogP contribution in [0.3, 0.4) is 0 Å². The summed E-state index contributed by atoms with van der Waals surface area (Å²) in [7, 11) is 1.92. The fraction of sp³-hybridized carbons (Fsp3) is 0.143. The zero-order chi connectivity index (χ0) is 14.8. The number of aryl methyl sites for hydroxylation is 1. The molecule has 0 spiro atoms. The van der Waals surface area contributed by atoms with Crippen LogP contribution in [0, 0.1) is 10.1 Å². The van der Waals surface area contributed by atoms with Crippen LogP contribution in [0.2, 0.25) is 0 Å². The maximum absolute atomic E-state index is 11.0. The van der Waals surface area contributed by atoms with Crippen LogP contribution >= 0.6 is 0 Å². The molecule has 2 heterocycles. The zero-order valence-electron chi connectivity index (χ0n) is 11.4. The van der Waals surface area contributed by atoms with Gasteiger partial charge in [0.2, 0.25) is 0 Å². The highest BCUT2D eigenvalue weighted by Gasteiger charge is 2.14. The molecule has 0 atom stereocenters. The van der Waals surface area contributed by atoms with Gasteiger partial charge in [0.1, 0.15) is 11.3 Å². The average Bonchev–Trinajstić information content (AvgIpc) is 2.89. The number of non-ortho nitro benzene ring substituents is 1. The lowest BCUT2D eigenvalue weighted by Gasteiger charge is -2.09. The van der Waals surface area contributed by atoms with E-state index < -0.39 is 4.92 Å². The molecular formula is C14H13N5O2. The molecule has 0 fully saturated rings. The van der Waals surface area contributed by atoms with Crippen LogP contribution in [-0.4, -0.2) is 19.5 Å². The lowest BCUT2D eigenvalue weighted by atomic mass is 10.1. The summed E-state index contributed by atoms with van der Waals surface area (Å²) in [5.41, 5.74) is 1.19. The number of nitro benzene ring substituents is 1. The first-order valence-electron chi connectivity index (χ1n) is 6.39. The number of imidazole rings is 1. The number of pyridine rings is 1. The summed E-state index contributed by atoms with van der Waals surface area (Å²) in [6, 6.07) is 6.73. The van der Waals surface area contributed by atoms with Crippen molar-refractivity contribution in [3.05, 3.63) is 58.8 Å². The molecule has 106 valence electrons. The fourth-order valence-corrected chi connectivity index (χ4v) is 2.20. The zero-order valence-corrected chi connectivity index (χ0v) is 11.4. The van der Waals surface area contributed by atoms with Gasteiger partial charge in [-0.15, -0.1) is 0 Å². The molecule has 0 unspecified atom stereocenters. The average molecular weight is 283 g/mol. The van der Waals surface area contributed by atoms with Crippen LogP contribution in [0.4, 0.5) is 11.4 Å². The summed E-state index contributed by atoms with van der Waals surface area (Å²) in [6.45, 7) is 0.533. The normalized spacial score (nSPS) is 10.7. The van der Waals surface area contributed by atoms with E-state index in [-0.39, 0.29) is 5.69 Å². The Morgan fingerprint density at radius 2 is 2.14 bits per heavy atom. The number of benzene rings is 1. The van der Waals surface area contributed by atoms with Crippen molar-refractivity contribution < 1.29 is 4.92 Å². The highest BCUT2D eigenvalue weighted by atomic mass is 16.6. The van der Waals surface area contributed by atoms with Crippen molar-refractivity contribution >= 4 is 22.3 Å². The quantitative estimate of drug-likeness (QED) is 0.587. The number of nitrogens with one attached hydrogen (secondary N) is 1. The molecule has 21 heavy (non-hydrogen) atoms. The van der Waals surface area contributed by atoms with Crippen LogP contribution < -0.4 is 5.32 Å². The third-order valence-electron chi connectivity index (χ3n) is 3.30. The van der Waals surface area contributed by atoms with Crippen molar-refractivity contribution in [1.82, 2.24) is 14.5 Å². The molecule has 3 aromatic rings. The predicted octanol–water partition coefficient (Wildman–Crippen LogP) is 2.49. The van der Waals surface area contributed by atoms with Gasteiger partial charge in [-0.1, -0.05) is 12.1 Å². The predicted molar refractivity (Wildman–Crippen MR) is 78.9 cm³/mol. The third-order valence-corrected chi connectivity index (χ3v) is 3.30. The number of hydrogen-bond acceptors (Lipinski definition) is 5. The monoisotopic (exact) mass is 283 g/mol. The minimum absolute atomic E-state index is 0.00754. The Labute approximate surface area is 120 Å². The van der Waals surface area contributed by atoms with E-state index in [4.69, 9.17) is 0 Å². The Balaban J connectivity index is 1.98. The second-order valence-corrected chi connectivity index (χ2v) is 4.60. The van der Waals surface area contributed by atoms with Crippen LogP contribution in [0.1, 0.15) is 5.82 Å². The largest absolute Gasteiger partial charge is 0.377 e. The van der Waals surface area contributed by atoms with Crippen LogP contribution in [0.15, 0.2) is 42.9 Å². The minimum atomic E-state index is -0.419. The lowest BCUT2D eigenvalue weighted by Crippen LogP contribution is -2.06. The SMILES string of the molecule is Cn1ccnc1CNc1ccnc2c([N+](=O)[O-])cccc12. The molecule has 1 N–H and O–H groups in total. The smallest absolute Gasteiger partial charge is 0.295 e. The first kappa shape index (κ1) is 13.0. The maximum Gasteiger partial charge on any atom is 0.295 e. The van der Waals surface area contributed by atoms with Crippen molar-refractivity contribution in [1.29, 1.82) is 0 Å². The molecule has 1 aromatic carbocycles. The number of hydrogen-bond donors (Lipinski definition) is 1. The van der Waals surface area contributed by atoms with Gasteiger partial charge < -0.3 is 9.88 Å². The van der Waals surface area contributed by atoms with Crippen molar-refractivity contribution in [2.24, 2.45) is 7.05 Å². The highest BCUT2D eigenvalue weighted by molar-refractivity contribution is 5.96. The third kappa shape index (κ3) is 2.40. The molecule has 0 radical (unpaired) electrons. The molecule has 2 aromatic heterocycles. The Kier molecular flexibility index (Phi) is 3.23. The van der Waals surface area contributed by atoms with Crippen LogP contribution in [0.25, 0.3) is 10.9 Å². The Morgan fingerprint density at radius 3 is 2.86 bits per heavy atom. The van der Waals surface area contributed by atoms with Crippen molar-refractivity contribution in [2.75, 3.05) is 5.32 Å². The van der Waals surface area contributed by atoms with Crippen molar-refractivity contribution in [3.8, 4) is 0 Å². The molecule has 0 amide bonds. The summed E-state index contributed by atoms with van der Waals surface area (Å²) >= 11 is 0. The Hall–Kier alpha value is -2.96. The number of rotatable bonds is 4. The molecule has 0 bridgehead atoms. The number of aromatic nitrogens is 3. The second kappa shape index (κ2) is 5.20. The van der Waals surface area contributed by atoms with E-state index in [9.17, 15) is 10.1 Å². The summed E-state index contributed by atoms with van der Waals surface area (Å²) in [6.07, 6.45) is 5.16. The summed E-state index contributed by atoms with van der Waals surface area (Å²) in [5, 5.41) is 15.0. The molecular weight excluding hydrogens is 270 g/mol. The van der Waals surface area contributed by atoms with Gasteiger partial charge in [0.05, 0.1) is 11.5 Å². The summed E-state index contributed by atoms with van der Waals surface area (Å²) < 4.78 is 1.92. The molecule has 3 rings (SSSR count). The van der Waals surface area contributed by atoms with E-state index in [1.807, 2.05) is 23.9 Å². The lowest BCUT2D eigenvalue weighted by molar-refractivity contribution is -0.383. The first-order chi connectivity index (χ1) is 10.2. The number of nitro groups is 1. The molecule has 7 nitrogen and oxygen atoms in total. The molecule has 0 saturated heterocycles. The highest BCUT2D eigenvalue weighted by Crippen LogP contribution is 2.28. The Bertz CT molecular complexity index is 812. The van der Waals surface area contributed by atoms with E-state index in [0.29, 0.717) is 12.1 Å². The van der Waals surface area contributed by atoms with Gasteiger partial charge in [-0.05, 0) is 6.07 Å². The minimum Gasteiger partial charge on any atom is -0.377 e. The summed E-state index contributed by atoms with van der Waals surface area (Å²) in [4.78, 5) is 19.0. The van der Waals surface area contributed by atoms with Gasteiger partial charge in [-0.3, -0.25) is 10.1 Å². The van der Waals surface area contributed by atoms with Gasteiger partial charge in [0.15, 0.2) is 0 Å². The van der Waals surface area contributed by atoms with Crippen molar-refractivity contribution in [3.63, 3.8) is 0 Å². The molecule has 0 saturated carbocycles. The Morgan fingerprint density at radius 1 is 1.29 bits per heavy atom. The fourth-order valence-electron chi connectivity index (χ4n) is 2.20. The van der Waals surface area contributed by atoms with Gasteiger partial charge in [-0.25, -0.2) is 9.97 Å². The second-order valence-electron chi connectivity index (χ2n) is 4.60. The van der Waals surface area contributed by atoms with E-state index >= 15 is 0 Å². The van der Waals surface area contributed by atoms with Gasteiger partial charge in [0, 0.05) is 42.8 Å². The van der Waals surface area contributed by atoms with Gasteiger partial charge in [0.25, 0.3) is 5.69 Å². The van der Waals surface area contributed by atoms with Gasteiger partial charge >= 0.3 is 0 Å². The number of nitrogens with zero attached hydrogens (tertiary/aromatic N) is 4. The first-order valence-corrected chi connectivity index (χ1v) is 6.39. The standard InChI is InChI=1S/C14H13N5O2/c1-18-8-7-15-13(18)9-17-11-5-6-16-14-10(11)3-2-4-12(14)19(20)21/h2-8H,9H2,1H3,(H,16,17). The number of fused-ring (bicyclic) bond motifs is 1. The van der Waals surface area contributed by atoms with E-state index in [0.717, 1.165) is 16.9 Å². The van der Waals surface area contributed by atoms with Gasteiger partial charge in [-0.2, -0.15) is 0 Å². The van der Waals surface area contributed by atoms with E-state index in [1.165, 1.54) is 6.07 Å². The van der Waals surface area contributed by atoms with Crippen LogP contribution in [-0.2, 0) is 13.6 Å².